The lowest BCUT2D eigenvalue weighted by Gasteiger charge is -2.33. The van der Waals surface area contributed by atoms with Gasteiger partial charge < -0.3 is 10.4 Å². The summed E-state index contributed by atoms with van der Waals surface area (Å²) in [5.41, 5.74) is 1.01. The minimum Gasteiger partial charge on any atom is -0.481 e. The van der Waals surface area contributed by atoms with Crippen molar-refractivity contribution in [3.8, 4) is 0 Å². The van der Waals surface area contributed by atoms with Crippen molar-refractivity contribution in [3.63, 3.8) is 0 Å². The van der Waals surface area contributed by atoms with Crippen molar-refractivity contribution < 1.29 is 14.7 Å². The first-order valence-electron chi connectivity index (χ1n) is 9.82. The van der Waals surface area contributed by atoms with Gasteiger partial charge >= 0.3 is 5.97 Å². The van der Waals surface area contributed by atoms with Crippen molar-refractivity contribution in [2.24, 2.45) is 5.41 Å². The van der Waals surface area contributed by atoms with Crippen molar-refractivity contribution in [2.75, 3.05) is 13.1 Å². The fourth-order valence-electron chi connectivity index (χ4n) is 4.56. The highest BCUT2D eigenvalue weighted by atomic mass is 16.4. The van der Waals surface area contributed by atoms with Crippen LogP contribution in [0.2, 0.25) is 0 Å². The third-order valence-corrected chi connectivity index (χ3v) is 5.93. The number of carbonyl (C=O) groups excluding carboxylic acids is 1. The van der Waals surface area contributed by atoms with Crippen molar-refractivity contribution in [1.82, 2.24) is 10.2 Å². The number of hydrogen-bond acceptors (Lipinski definition) is 3. The summed E-state index contributed by atoms with van der Waals surface area (Å²) in [6.07, 6.45) is 6.22. The van der Waals surface area contributed by atoms with Gasteiger partial charge in [-0.3, -0.25) is 14.5 Å². The molecule has 5 heteroatoms. The predicted molar refractivity (Wildman–Crippen MR) is 101 cm³/mol. The number of carboxylic acid groups (broad SMARTS) is 1. The van der Waals surface area contributed by atoms with Gasteiger partial charge in [-0.2, -0.15) is 0 Å². The summed E-state index contributed by atoms with van der Waals surface area (Å²) in [7, 11) is 0. The Balaban J connectivity index is 1.43. The Morgan fingerprint density at radius 2 is 1.73 bits per heavy atom. The maximum Gasteiger partial charge on any atom is 0.303 e. The number of aliphatic carboxylic acids is 1. The van der Waals surface area contributed by atoms with Crippen LogP contribution in [-0.2, 0) is 16.1 Å². The number of nitrogens with one attached hydrogen (secondary N) is 1. The molecule has 2 fully saturated rings. The fraction of sp³-hybridized carbons (Fsp3) is 0.619. The number of amides is 1. The van der Waals surface area contributed by atoms with Gasteiger partial charge in [-0.25, -0.2) is 0 Å². The van der Waals surface area contributed by atoms with Gasteiger partial charge in [0.2, 0.25) is 5.91 Å². The number of piperidine rings is 1. The number of carbonyl (C=O) groups is 2. The highest BCUT2D eigenvalue weighted by Crippen LogP contribution is 2.44. The van der Waals surface area contributed by atoms with E-state index in [9.17, 15) is 14.7 Å². The molecular formula is C21H30N2O3. The Bertz CT molecular complexity index is 603. The van der Waals surface area contributed by atoms with Gasteiger partial charge in [0, 0.05) is 32.1 Å². The summed E-state index contributed by atoms with van der Waals surface area (Å²) in [6.45, 7) is 2.93. The average Bonchev–Trinajstić information content (AvgIpc) is 3.04. The average molecular weight is 358 g/mol. The highest BCUT2D eigenvalue weighted by Gasteiger charge is 2.38. The van der Waals surface area contributed by atoms with Crippen LogP contribution in [0.3, 0.4) is 0 Å². The highest BCUT2D eigenvalue weighted by molar-refractivity contribution is 5.78. The molecule has 1 saturated carbocycles. The number of carboxylic acids is 1. The molecule has 2 N–H and O–H groups in total. The van der Waals surface area contributed by atoms with Crippen LogP contribution in [0.1, 0.15) is 56.9 Å². The maximum atomic E-state index is 12.5. The van der Waals surface area contributed by atoms with Crippen molar-refractivity contribution in [3.05, 3.63) is 35.9 Å². The molecule has 0 unspecified atom stereocenters. The van der Waals surface area contributed by atoms with Crippen molar-refractivity contribution in [2.45, 2.75) is 64.0 Å². The lowest BCUT2D eigenvalue weighted by atomic mass is 9.79. The molecule has 1 heterocycles. The van der Waals surface area contributed by atoms with Gasteiger partial charge in [-0.05, 0) is 36.7 Å². The van der Waals surface area contributed by atoms with E-state index in [0.29, 0.717) is 6.42 Å². The Labute approximate surface area is 155 Å². The number of benzene rings is 1. The molecule has 26 heavy (non-hydrogen) atoms. The number of hydrogen-bond donors (Lipinski definition) is 2. The minimum atomic E-state index is -0.783. The minimum absolute atomic E-state index is 0.0367. The van der Waals surface area contributed by atoms with Crippen molar-refractivity contribution in [1.29, 1.82) is 0 Å². The van der Waals surface area contributed by atoms with E-state index in [-0.39, 0.29) is 23.8 Å². The lowest BCUT2D eigenvalue weighted by molar-refractivity contribution is -0.140. The molecule has 0 spiro atoms. The lowest BCUT2D eigenvalue weighted by Crippen LogP contribution is -2.45. The van der Waals surface area contributed by atoms with E-state index < -0.39 is 5.97 Å². The fourth-order valence-corrected chi connectivity index (χ4v) is 4.56. The molecule has 3 rings (SSSR count). The van der Waals surface area contributed by atoms with Crippen LogP contribution < -0.4 is 5.32 Å². The Morgan fingerprint density at radius 1 is 1.08 bits per heavy atom. The largest absolute Gasteiger partial charge is 0.481 e. The molecule has 1 saturated heterocycles. The van der Waals surface area contributed by atoms with Crippen LogP contribution in [0.25, 0.3) is 0 Å². The van der Waals surface area contributed by atoms with Gasteiger partial charge in [0.15, 0.2) is 0 Å². The van der Waals surface area contributed by atoms with Gasteiger partial charge in [-0.15, -0.1) is 0 Å². The standard InChI is InChI=1S/C21H30N2O3/c24-19(14-21(15-20(25)26)10-4-5-11-21)22-18-8-12-23(13-9-18)16-17-6-2-1-3-7-17/h1-3,6-7,18H,4-5,8-16H2,(H,22,24)(H,25,26). The summed E-state index contributed by atoms with van der Waals surface area (Å²) in [4.78, 5) is 26.1. The molecule has 1 aromatic carbocycles. The summed E-state index contributed by atoms with van der Waals surface area (Å²) >= 11 is 0. The second-order valence-corrected chi connectivity index (χ2v) is 8.06. The van der Waals surface area contributed by atoms with Crippen LogP contribution in [0.4, 0.5) is 0 Å². The predicted octanol–water partition coefficient (Wildman–Crippen LogP) is 3.19. The first kappa shape index (κ1) is 18.9. The topological polar surface area (TPSA) is 69.6 Å². The molecule has 0 atom stereocenters. The smallest absolute Gasteiger partial charge is 0.303 e. The van der Waals surface area contributed by atoms with Gasteiger partial charge in [0.25, 0.3) is 0 Å². The van der Waals surface area contributed by atoms with E-state index in [2.05, 4.69) is 34.5 Å². The molecule has 1 aromatic rings. The third-order valence-electron chi connectivity index (χ3n) is 5.93. The molecule has 142 valence electrons. The Hall–Kier alpha value is -1.88. The third kappa shape index (κ3) is 5.31. The summed E-state index contributed by atoms with van der Waals surface area (Å²) < 4.78 is 0. The van der Waals surface area contributed by atoms with Crippen LogP contribution in [0.15, 0.2) is 30.3 Å². The molecule has 1 aliphatic carbocycles. The second-order valence-electron chi connectivity index (χ2n) is 8.06. The number of nitrogens with zero attached hydrogens (tertiary/aromatic N) is 1. The first-order chi connectivity index (χ1) is 12.5. The molecule has 2 aliphatic rings. The normalized spacial score (nSPS) is 20.8. The molecule has 0 bridgehead atoms. The van der Waals surface area contributed by atoms with E-state index in [1.165, 1.54) is 5.56 Å². The van der Waals surface area contributed by atoms with Gasteiger partial charge in [-0.1, -0.05) is 43.2 Å². The Morgan fingerprint density at radius 3 is 2.35 bits per heavy atom. The SMILES string of the molecule is O=C(O)CC1(CC(=O)NC2CCN(Cc3ccccc3)CC2)CCCC1. The summed E-state index contributed by atoms with van der Waals surface area (Å²) in [5.74, 6) is -0.747. The number of rotatable bonds is 7. The van der Waals surface area contributed by atoms with Crippen LogP contribution >= 0.6 is 0 Å². The molecule has 1 aliphatic heterocycles. The van der Waals surface area contributed by atoms with Gasteiger partial charge in [0.05, 0.1) is 6.42 Å². The quantitative estimate of drug-likeness (QED) is 0.785. The second kappa shape index (κ2) is 8.67. The zero-order chi connectivity index (χ0) is 18.4. The van der Waals surface area contributed by atoms with E-state index in [4.69, 9.17) is 0 Å². The maximum absolute atomic E-state index is 12.5. The van der Waals surface area contributed by atoms with Crippen LogP contribution in [0, 0.1) is 5.41 Å². The van der Waals surface area contributed by atoms with E-state index in [1.54, 1.807) is 0 Å². The van der Waals surface area contributed by atoms with E-state index in [0.717, 1.165) is 58.2 Å². The number of likely N-dealkylation sites (tertiary alicyclic amines) is 1. The summed E-state index contributed by atoms with van der Waals surface area (Å²) in [6, 6.07) is 10.7. The first-order valence-corrected chi connectivity index (χ1v) is 9.82. The van der Waals surface area contributed by atoms with E-state index >= 15 is 0 Å². The molecule has 5 nitrogen and oxygen atoms in total. The molecular weight excluding hydrogens is 328 g/mol. The monoisotopic (exact) mass is 358 g/mol. The van der Waals surface area contributed by atoms with Crippen LogP contribution in [-0.4, -0.2) is 41.0 Å². The molecule has 1 amide bonds. The zero-order valence-corrected chi connectivity index (χ0v) is 15.5. The van der Waals surface area contributed by atoms with Crippen molar-refractivity contribution >= 4 is 11.9 Å². The van der Waals surface area contributed by atoms with Crippen LogP contribution in [0.5, 0.6) is 0 Å². The molecule has 0 radical (unpaired) electrons. The Kier molecular flexibility index (Phi) is 6.30. The van der Waals surface area contributed by atoms with Gasteiger partial charge in [0.1, 0.15) is 0 Å². The van der Waals surface area contributed by atoms with E-state index in [1.807, 2.05) is 6.07 Å². The summed E-state index contributed by atoms with van der Waals surface area (Å²) in [5, 5.41) is 12.4. The molecule has 0 aromatic heterocycles. The zero-order valence-electron chi connectivity index (χ0n) is 15.5.